The van der Waals surface area contributed by atoms with Crippen molar-refractivity contribution in [2.24, 2.45) is 0 Å². The molecule has 0 unspecified atom stereocenters. The van der Waals surface area contributed by atoms with Crippen LogP contribution in [-0.2, 0) is 17.6 Å². The van der Waals surface area contributed by atoms with Gasteiger partial charge in [0.2, 0.25) is 0 Å². The van der Waals surface area contributed by atoms with Gasteiger partial charge in [0.15, 0.2) is 0 Å². The van der Waals surface area contributed by atoms with Crippen molar-refractivity contribution in [1.82, 2.24) is 9.97 Å². The molecule has 0 atom stereocenters. The SMILES string of the molecule is CCCNc1nc(CCOCC)nc(CC)c1C. The minimum atomic E-state index is 0.690. The molecule has 0 spiro atoms. The Hall–Kier alpha value is -1.16. The topological polar surface area (TPSA) is 47.0 Å². The summed E-state index contributed by atoms with van der Waals surface area (Å²) in [6.07, 6.45) is 2.82. The summed E-state index contributed by atoms with van der Waals surface area (Å²) < 4.78 is 5.36. The fourth-order valence-corrected chi connectivity index (χ4v) is 1.79. The molecule has 1 heterocycles. The number of hydrogen-bond acceptors (Lipinski definition) is 4. The molecule has 1 rings (SSSR count). The second-order valence-corrected chi connectivity index (χ2v) is 4.29. The molecule has 0 aliphatic carbocycles. The van der Waals surface area contributed by atoms with E-state index in [1.54, 1.807) is 0 Å². The molecule has 0 saturated carbocycles. The molecule has 1 aromatic heterocycles. The van der Waals surface area contributed by atoms with Gasteiger partial charge in [-0.15, -0.1) is 0 Å². The predicted molar refractivity (Wildman–Crippen MR) is 75.1 cm³/mol. The molecule has 1 aromatic rings. The van der Waals surface area contributed by atoms with Crippen molar-refractivity contribution in [1.29, 1.82) is 0 Å². The number of nitrogens with zero attached hydrogens (tertiary/aromatic N) is 2. The average molecular weight is 251 g/mol. The first-order valence-corrected chi connectivity index (χ1v) is 6.90. The summed E-state index contributed by atoms with van der Waals surface area (Å²) in [5, 5.41) is 3.38. The van der Waals surface area contributed by atoms with Crippen LogP contribution in [0.1, 0.15) is 44.3 Å². The van der Waals surface area contributed by atoms with Crippen molar-refractivity contribution in [2.75, 3.05) is 25.1 Å². The van der Waals surface area contributed by atoms with Crippen LogP contribution in [0.4, 0.5) is 5.82 Å². The van der Waals surface area contributed by atoms with Gasteiger partial charge in [-0.2, -0.15) is 0 Å². The maximum Gasteiger partial charge on any atom is 0.133 e. The number of anilines is 1. The van der Waals surface area contributed by atoms with Crippen LogP contribution in [0.15, 0.2) is 0 Å². The minimum Gasteiger partial charge on any atom is -0.381 e. The lowest BCUT2D eigenvalue weighted by Crippen LogP contribution is -2.11. The zero-order valence-corrected chi connectivity index (χ0v) is 12.0. The molecule has 0 aliphatic heterocycles. The third-order valence-electron chi connectivity index (χ3n) is 2.84. The molecular weight excluding hydrogens is 226 g/mol. The summed E-state index contributed by atoms with van der Waals surface area (Å²) in [5.74, 6) is 1.86. The van der Waals surface area contributed by atoms with Gasteiger partial charge in [0, 0.05) is 30.8 Å². The highest BCUT2D eigenvalue weighted by atomic mass is 16.5. The molecule has 0 aliphatic rings. The molecule has 4 heteroatoms. The zero-order chi connectivity index (χ0) is 13.4. The van der Waals surface area contributed by atoms with Gasteiger partial charge in [0.1, 0.15) is 11.6 Å². The van der Waals surface area contributed by atoms with Crippen molar-refractivity contribution in [3.05, 3.63) is 17.1 Å². The first kappa shape index (κ1) is 14.9. The van der Waals surface area contributed by atoms with Gasteiger partial charge < -0.3 is 10.1 Å². The van der Waals surface area contributed by atoms with E-state index in [1.807, 2.05) is 6.92 Å². The van der Waals surface area contributed by atoms with E-state index in [9.17, 15) is 0 Å². The highest BCUT2D eigenvalue weighted by molar-refractivity contribution is 5.45. The van der Waals surface area contributed by atoms with Crippen LogP contribution in [0.25, 0.3) is 0 Å². The summed E-state index contributed by atoms with van der Waals surface area (Å²) >= 11 is 0. The highest BCUT2D eigenvalue weighted by Crippen LogP contribution is 2.16. The van der Waals surface area contributed by atoms with Gasteiger partial charge in [-0.3, -0.25) is 0 Å². The standard InChI is InChI=1S/C14H25N3O/c1-5-9-15-14-11(4)12(6-2)16-13(17-14)8-10-18-7-3/h5-10H2,1-4H3,(H,15,16,17). The summed E-state index contributed by atoms with van der Waals surface area (Å²) in [6.45, 7) is 10.8. The monoisotopic (exact) mass is 251 g/mol. The maximum absolute atomic E-state index is 5.36. The van der Waals surface area contributed by atoms with Gasteiger partial charge >= 0.3 is 0 Å². The van der Waals surface area contributed by atoms with Crippen LogP contribution in [0.5, 0.6) is 0 Å². The molecule has 0 fully saturated rings. The van der Waals surface area contributed by atoms with Gasteiger partial charge in [0.25, 0.3) is 0 Å². The van der Waals surface area contributed by atoms with Crippen LogP contribution in [0, 0.1) is 6.92 Å². The van der Waals surface area contributed by atoms with Crippen LogP contribution >= 0.6 is 0 Å². The van der Waals surface area contributed by atoms with Crippen molar-refractivity contribution in [2.45, 2.75) is 47.0 Å². The normalized spacial score (nSPS) is 10.7. The molecular formula is C14H25N3O. The first-order chi connectivity index (χ1) is 8.72. The Morgan fingerprint density at radius 2 is 1.94 bits per heavy atom. The number of rotatable bonds is 8. The number of aryl methyl sites for hydroxylation is 1. The Kier molecular flexibility index (Phi) is 6.65. The van der Waals surface area contributed by atoms with E-state index < -0.39 is 0 Å². The molecule has 1 N–H and O–H groups in total. The van der Waals surface area contributed by atoms with E-state index >= 15 is 0 Å². The molecule has 0 aromatic carbocycles. The van der Waals surface area contributed by atoms with E-state index in [0.717, 1.165) is 49.8 Å². The molecule has 0 saturated heterocycles. The Morgan fingerprint density at radius 3 is 2.56 bits per heavy atom. The number of hydrogen-bond donors (Lipinski definition) is 1. The minimum absolute atomic E-state index is 0.690. The lowest BCUT2D eigenvalue weighted by molar-refractivity contribution is 0.149. The Bertz CT molecular complexity index is 366. The second kappa shape index (κ2) is 8.03. The average Bonchev–Trinajstić information content (AvgIpc) is 2.39. The summed E-state index contributed by atoms with van der Waals surface area (Å²) in [6, 6.07) is 0. The van der Waals surface area contributed by atoms with Crippen molar-refractivity contribution >= 4 is 5.82 Å². The second-order valence-electron chi connectivity index (χ2n) is 4.29. The molecule has 102 valence electrons. The van der Waals surface area contributed by atoms with Crippen LogP contribution in [0.3, 0.4) is 0 Å². The molecule has 4 nitrogen and oxygen atoms in total. The van der Waals surface area contributed by atoms with Crippen molar-refractivity contribution in [3.63, 3.8) is 0 Å². The fourth-order valence-electron chi connectivity index (χ4n) is 1.79. The van der Waals surface area contributed by atoms with Crippen LogP contribution < -0.4 is 5.32 Å². The van der Waals surface area contributed by atoms with Crippen LogP contribution in [-0.4, -0.2) is 29.7 Å². The zero-order valence-electron chi connectivity index (χ0n) is 12.0. The Morgan fingerprint density at radius 1 is 1.17 bits per heavy atom. The van der Waals surface area contributed by atoms with Crippen molar-refractivity contribution in [3.8, 4) is 0 Å². The third-order valence-corrected chi connectivity index (χ3v) is 2.84. The lowest BCUT2D eigenvalue weighted by atomic mass is 10.2. The highest BCUT2D eigenvalue weighted by Gasteiger charge is 2.09. The van der Waals surface area contributed by atoms with Gasteiger partial charge in [-0.25, -0.2) is 9.97 Å². The summed E-state index contributed by atoms with van der Waals surface area (Å²) in [4.78, 5) is 9.19. The Labute approximate surface area is 110 Å². The Balaban J connectivity index is 2.83. The molecule has 0 bridgehead atoms. The van der Waals surface area contributed by atoms with E-state index in [1.165, 1.54) is 5.56 Å². The number of ether oxygens (including phenoxy) is 1. The van der Waals surface area contributed by atoms with E-state index in [2.05, 4.69) is 36.1 Å². The van der Waals surface area contributed by atoms with Crippen LogP contribution in [0.2, 0.25) is 0 Å². The summed E-state index contributed by atoms with van der Waals surface area (Å²) in [7, 11) is 0. The van der Waals surface area contributed by atoms with Crippen molar-refractivity contribution < 1.29 is 4.74 Å². The van der Waals surface area contributed by atoms with Gasteiger partial charge in [0.05, 0.1) is 6.61 Å². The smallest absolute Gasteiger partial charge is 0.133 e. The molecule has 18 heavy (non-hydrogen) atoms. The van der Waals surface area contributed by atoms with E-state index in [-0.39, 0.29) is 0 Å². The molecule has 0 amide bonds. The quantitative estimate of drug-likeness (QED) is 0.722. The lowest BCUT2D eigenvalue weighted by Gasteiger charge is -2.13. The van der Waals surface area contributed by atoms with Gasteiger partial charge in [-0.1, -0.05) is 13.8 Å². The van der Waals surface area contributed by atoms with E-state index in [0.29, 0.717) is 6.61 Å². The predicted octanol–water partition coefficient (Wildman–Crippen LogP) is 2.75. The molecule has 0 radical (unpaired) electrons. The summed E-state index contributed by atoms with van der Waals surface area (Å²) in [5.41, 5.74) is 2.31. The maximum atomic E-state index is 5.36. The third kappa shape index (κ3) is 4.26. The first-order valence-electron chi connectivity index (χ1n) is 6.90. The van der Waals surface area contributed by atoms with E-state index in [4.69, 9.17) is 4.74 Å². The fraction of sp³-hybridized carbons (Fsp3) is 0.714. The number of nitrogens with one attached hydrogen (secondary N) is 1. The number of aromatic nitrogens is 2. The largest absolute Gasteiger partial charge is 0.381 e. The van der Waals surface area contributed by atoms with Gasteiger partial charge in [-0.05, 0) is 26.7 Å².